The minimum absolute atomic E-state index is 0.322. The Bertz CT molecular complexity index is 431. The van der Waals surface area contributed by atoms with Crippen molar-refractivity contribution in [1.82, 2.24) is 15.2 Å². The Balaban J connectivity index is 2.50. The number of aryl methyl sites for hydroxylation is 1. The number of urea groups is 1. The number of hydrogen-bond acceptors (Lipinski definition) is 3. The predicted octanol–water partition coefficient (Wildman–Crippen LogP) is 1.00. The first-order chi connectivity index (χ1) is 8.41. The molecule has 6 nitrogen and oxygen atoms in total. The van der Waals surface area contributed by atoms with Crippen LogP contribution in [-0.2, 0) is 11.3 Å². The van der Waals surface area contributed by atoms with E-state index in [-0.39, 0.29) is 0 Å². The lowest BCUT2D eigenvalue weighted by Gasteiger charge is -2.21. The van der Waals surface area contributed by atoms with Gasteiger partial charge in [-0.3, -0.25) is 4.98 Å². The van der Waals surface area contributed by atoms with Gasteiger partial charge in [0.1, 0.15) is 6.04 Å². The van der Waals surface area contributed by atoms with Gasteiger partial charge in [-0.1, -0.05) is 6.07 Å². The van der Waals surface area contributed by atoms with E-state index < -0.39 is 18.0 Å². The number of carboxylic acids is 1. The fourth-order valence-electron chi connectivity index (χ4n) is 1.25. The standard InChI is InChI=1S/C12H17N3O3/c1-8-4-5-10(6-13-8)7-14-12(18)15(3)9(2)11(16)17/h4-6,9H,7H2,1-3H3,(H,14,18)(H,16,17). The van der Waals surface area contributed by atoms with Crippen LogP contribution in [0, 0.1) is 6.92 Å². The van der Waals surface area contributed by atoms with Crippen LogP contribution >= 0.6 is 0 Å². The van der Waals surface area contributed by atoms with Gasteiger partial charge in [0, 0.05) is 25.5 Å². The van der Waals surface area contributed by atoms with Crippen LogP contribution < -0.4 is 5.32 Å². The number of hydrogen-bond donors (Lipinski definition) is 2. The highest BCUT2D eigenvalue weighted by molar-refractivity contribution is 5.82. The number of nitrogens with one attached hydrogen (secondary N) is 1. The molecule has 0 saturated carbocycles. The van der Waals surface area contributed by atoms with Gasteiger partial charge in [0.2, 0.25) is 0 Å². The van der Waals surface area contributed by atoms with Crippen LogP contribution in [0.4, 0.5) is 4.79 Å². The average molecular weight is 251 g/mol. The first-order valence-electron chi connectivity index (χ1n) is 5.57. The highest BCUT2D eigenvalue weighted by Gasteiger charge is 2.21. The van der Waals surface area contributed by atoms with Crippen molar-refractivity contribution in [3.63, 3.8) is 0 Å². The molecule has 0 saturated heterocycles. The van der Waals surface area contributed by atoms with Crippen LogP contribution in [0.1, 0.15) is 18.2 Å². The van der Waals surface area contributed by atoms with Gasteiger partial charge >= 0.3 is 12.0 Å². The van der Waals surface area contributed by atoms with Crippen molar-refractivity contribution >= 4 is 12.0 Å². The summed E-state index contributed by atoms with van der Waals surface area (Å²) in [5.74, 6) is -1.04. The van der Waals surface area contributed by atoms with Crippen molar-refractivity contribution in [2.24, 2.45) is 0 Å². The predicted molar refractivity (Wildman–Crippen MR) is 66.1 cm³/mol. The fourth-order valence-corrected chi connectivity index (χ4v) is 1.25. The number of nitrogens with zero attached hydrogens (tertiary/aromatic N) is 2. The van der Waals surface area contributed by atoms with E-state index in [4.69, 9.17) is 5.11 Å². The molecule has 2 N–H and O–H groups in total. The number of carbonyl (C=O) groups excluding carboxylic acids is 1. The van der Waals surface area contributed by atoms with Crippen molar-refractivity contribution in [3.8, 4) is 0 Å². The van der Waals surface area contributed by atoms with E-state index in [0.29, 0.717) is 6.54 Å². The van der Waals surface area contributed by atoms with Crippen LogP contribution in [0.2, 0.25) is 0 Å². The van der Waals surface area contributed by atoms with Gasteiger partial charge in [0.15, 0.2) is 0 Å². The number of amides is 2. The van der Waals surface area contributed by atoms with Gasteiger partial charge in [-0.25, -0.2) is 9.59 Å². The van der Waals surface area contributed by atoms with Gasteiger partial charge in [0.25, 0.3) is 0 Å². The maximum atomic E-state index is 11.7. The third-order valence-electron chi connectivity index (χ3n) is 2.68. The van der Waals surface area contributed by atoms with E-state index in [1.807, 2.05) is 19.1 Å². The fraction of sp³-hybridized carbons (Fsp3) is 0.417. The third kappa shape index (κ3) is 3.73. The smallest absolute Gasteiger partial charge is 0.326 e. The van der Waals surface area contributed by atoms with Crippen LogP contribution in [-0.4, -0.2) is 40.1 Å². The lowest BCUT2D eigenvalue weighted by Crippen LogP contribution is -2.45. The van der Waals surface area contributed by atoms with Gasteiger partial charge < -0.3 is 15.3 Å². The Labute approximate surface area is 106 Å². The summed E-state index contributed by atoms with van der Waals surface area (Å²) in [6.07, 6.45) is 1.68. The molecule has 0 aromatic carbocycles. The van der Waals surface area contributed by atoms with Crippen LogP contribution in [0.15, 0.2) is 18.3 Å². The monoisotopic (exact) mass is 251 g/mol. The zero-order valence-electron chi connectivity index (χ0n) is 10.7. The van der Waals surface area contributed by atoms with E-state index in [2.05, 4.69) is 10.3 Å². The summed E-state index contributed by atoms with van der Waals surface area (Å²) in [7, 11) is 1.45. The average Bonchev–Trinajstić information content (AvgIpc) is 2.35. The second-order valence-electron chi connectivity index (χ2n) is 4.09. The summed E-state index contributed by atoms with van der Waals surface area (Å²) in [6, 6.07) is 2.43. The van der Waals surface area contributed by atoms with Crippen molar-refractivity contribution in [2.75, 3.05) is 7.05 Å². The molecule has 1 aromatic rings. The number of aromatic nitrogens is 1. The molecule has 0 spiro atoms. The van der Waals surface area contributed by atoms with E-state index >= 15 is 0 Å². The third-order valence-corrected chi connectivity index (χ3v) is 2.68. The Hall–Kier alpha value is -2.11. The zero-order chi connectivity index (χ0) is 13.7. The van der Waals surface area contributed by atoms with Crippen molar-refractivity contribution < 1.29 is 14.7 Å². The molecule has 18 heavy (non-hydrogen) atoms. The molecule has 6 heteroatoms. The number of rotatable bonds is 4. The Morgan fingerprint density at radius 3 is 2.67 bits per heavy atom. The number of carboxylic acid groups (broad SMARTS) is 1. The molecule has 1 rings (SSSR count). The van der Waals surface area contributed by atoms with Crippen molar-refractivity contribution in [1.29, 1.82) is 0 Å². The minimum atomic E-state index is -1.04. The number of pyridine rings is 1. The van der Waals surface area contributed by atoms with Crippen LogP contribution in [0.5, 0.6) is 0 Å². The molecular formula is C12H17N3O3. The number of carbonyl (C=O) groups is 2. The summed E-state index contributed by atoms with van der Waals surface area (Å²) in [5.41, 5.74) is 1.77. The molecule has 0 aliphatic carbocycles. The molecule has 98 valence electrons. The van der Waals surface area contributed by atoms with Crippen molar-refractivity contribution in [3.05, 3.63) is 29.6 Å². The summed E-state index contributed by atoms with van der Waals surface area (Å²) >= 11 is 0. The molecule has 0 aliphatic heterocycles. The van der Waals surface area contributed by atoms with Gasteiger partial charge in [0.05, 0.1) is 0 Å². The minimum Gasteiger partial charge on any atom is -0.480 e. The summed E-state index contributed by atoms with van der Waals surface area (Å²) in [6.45, 7) is 3.66. The molecular weight excluding hydrogens is 234 g/mol. The normalized spacial score (nSPS) is 11.7. The summed E-state index contributed by atoms with van der Waals surface area (Å²) in [5, 5.41) is 11.4. The summed E-state index contributed by atoms with van der Waals surface area (Å²) < 4.78 is 0. The number of likely N-dealkylation sites (N-methyl/N-ethyl adjacent to an activating group) is 1. The molecule has 1 atom stereocenters. The molecule has 1 unspecified atom stereocenters. The Kier molecular flexibility index (Phi) is 4.65. The number of aliphatic carboxylic acids is 1. The van der Waals surface area contributed by atoms with Gasteiger partial charge in [-0.05, 0) is 25.5 Å². The highest BCUT2D eigenvalue weighted by atomic mass is 16.4. The van der Waals surface area contributed by atoms with E-state index in [0.717, 1.165) is 16.2 Å². The van der Waals surface area contributed by atoms with E-state index in [1.54, 1.807) is 6.20 Å². The second-order valence-corrected chi connectivity index (χ2v) is 4.09. The molecule has 0 aliphatic rings. The van der Waals surface area contributed by atoms with Gasteiger partial charge in [-0.15, -0.1) is 0 Å². The lowest BCUT2D eigenvalue weighted by molar-refractivity contribution is -0.141. The Morgan fingerprint density at radius 2 is 2.17 bits per heavy atom. The Morgan fingerprint density at radius 1 is 1.50 bits per heavy atom. The quantitative estimate of drug-likeness (QED) is 0.836. The first kappa shape index (κ1) is 14.0. The highest BCUT2D eigenvalue weighted by Crippen LogP contribution is 2.00. The molecule has 2 amide bonds. The molecule has 0 bridgehead atoms. The first-order valence-corrected chi connectivity index (χ1v) is 5.57. The van der Waals surface area contributed by atoms with E-state index in [1.165, 1.54) is 14.0 Å². The lowest BCUT2D eigenvalue weighted by atomic mass is 10.2. The van der Waals surface area contributed by atoms with E-state index in [9.17, 15) is 9.59 Å². The maximum absolute atomic E-state index is 11.7. The van der Waals surface area contributed by atoms with Gasteiger partial charge in [-0.2, -0.15) is 0 Å². The second kappa shape index (κ2) is 6.00. The summed E-state index contributed by atoms with van der Waals surface area (Å²) in [4.78, 5) is 27.6. The zero-order valence-corrected chi connectivity index (χ0v) is 10.7. The molecule has 0 fully saturated rings. The SMILES string of the molecule is Cc1ccc(CNC(=O)N(C)C(C)C(=O)O)cn1. The molecule has 0 radical (unpaired) electrons. The largest absolute Gasteiger partial charge is 0.480 e. The van der Waals surface area contributed by atoms with Crippen molar-refractivity contribution in [2.45, 2.75) is 26.4 Å². The van der Waals surface area contributed by atoms with Crippen LogP contribution in [0.3, 0.4) is 0 Å². The molecule has 1 aromatic heterocycles. The molecule has 1 heterocycles. The van der Waals surface area contributed by atoms with Crippen LogP contribution in [0.25, 0.3) is 0 Å². The maximum Gasteiger partial charge on any atom is 0.326 e. The topological polar surface area (TPSA) is 82.5 Å².